The second-order valence-electron chi connectivity index (χ2n) is 4.27. The maximum atomic E-state index is 11.0. The number of imidazole rings is 1. The predicted molar refractivity (Wildman–Crippen MR) is 73.5 cm³/mol. The number of aryl methyl sites for hydroxylation is 2. The monoisotopic (exact) mass is 273 g/mol. The van der Waals surface area contributed by atoms with Gasteiger partial charge in [-0.25, -0.2) is 14.8 Å². The number of rotatable bonds is 2. The van der Waals surface area contributed by atoms with Gasteiger partial charge in [-0.2, -0.15) is 0 Å². The number of aromatic nitrogens is 3. The van der Waals surface area contributed by atoms with E-state index in [1.807, 2.05) is 18.5 Å². The molecule has 0 saturated heterocycles. The molecule has 2 heterocycles. The first-order valence-corrected chi connectivity index (χ1v) is 6.56. The molecule has 3 rings (SSSR count). The molecule has 19 heavy (non-hydrogen) atoms. The number of fused-ring (bicyclic) bond motifs is 1. The highest BCUT2D eigenvalue weighted by Gasteiger charge is 2.15. The quantitative estimate of drug-likeness (QED) is 0.779. The molecule has 0 amide bonds. The third-order valence-corrected chi connectivity index (χ3v) is 4.00. The molecule has 6 heteroatoms. The van der Waals surface area contributed by atoms with E-state index in [1.54, 1.807) is 23.7 Å². The van der Waals surface area contributed by atoms with Crippen LogP contribution in [-0.2, 0) is 7.05 Å². The van der Waals surface area contributed by atoms with Crippen LogP contribution in [0.2, 0.25) is 0 Å². The minimum absolute atomic E-state index is 0.248. The van der Waals surface area contributed by atoms with Crippen LogP contribution in [0.5, 0.6) is 0 Å². The minimum atomic E-state index is -0.942. The molecule has 2 aromatic heterocycles. The van der Waals surface area contributed by atoms with Crippen molar-refractivity contribution in [1.29, 1.82) is 0 Å². The Hall–Kier alpha value is -2.21. The lowest BCUT2D eigenvalue weighted by atomic mass is 10.2. The molecule has 0 aliphatic heterocycles. The van der Waals surface area contributed by atoms with Crippen LogP contribution in [0.25, 0.3) is 21.7 Å². The summed E-state index contributed by atoms with van der Waals surface area (Å²) in [4.78, 5) is 20.7. The number of thiazole rings is 1. The largest absolute Gasteiger partial charge is 0.478 e. The number of aromatic carboxylic acids is 1. The van der Waals surface area contributed by atoms with Crippen molar-refractivity contribution in [3.8, 4) is 10.7 Å². The maximum Gasteiger partial charge on any atom is 0.335 e. The van der Waals surface area contributed by atoms with Crippen molar-refractivity contribution in [1.82, 2.24) is 14.5 Å². The number of carboxylic acids is 1. The van der Waals surface area contributed by atoms with Crippen LogP contribution >= 0.6 is 11.3 Å². The number of hydrogen-bond acceptors (Lipinski definition) is 4. The van der Waals surface area contributed by atoms with Crippen LogP contribution < -0.4 is 0 Å². The molecule has 0 aliphatic rings. The molecular formula is C13H11N3O2S. The summed E-state index contributed by atoms with van der Waals surface area (Å²) in [5, 5.41) is 9.01. The van der Waals surface area contributed by atoms with E-state index in [2.05, 4.69) is 9.97 Å². The number of carbonyl (C=O) groups is 1. The van der Waals surface area contributed by atoms with E-state index in [1.165, 1.54) is 11.3 Å². The Labute approximate surface area is 113 Å². The molecule has 0 spiro atoms. The van der Waals surface area contributed by atoms with Crippen molar-refractivity contribution in [3.63, 3.8) is 0 Å². The van der Waals surface area contributed by atoms with Crippen LogP contribution in [0.1, 0.15) is 16.1 Å². The first-order chi connectivity index (χ1) is 9.08. The van der Waals surface area contributed by atoms with Crippen molar-refractivity contribution < 1.29 is 9.90 Å². The van der Waals surface area contributed by atoms with Crippen molar-refractivity contribution >= 4 is 28.3 Å². The summed E-state index contributed by atoms with van der Waals surface area (Å²) >= 11 is 1.53. The number of nitrogens with zero attached hydrogens (tertiary/aromatic N) is 3. The van der Waals surface area contributed by atoms with Gasteiger partial charge in [0.1, 0.15) is 0 Å². The average Bonchev–Trinajstić information content (AvgIpc) is 2.93. The zero-order valence-corrected chi connectivity index (χ0v) is 11.2. The zero-order valence-electron chi connectivity index (χ0n) is 10.4. The highest BCUT2D eigenvalue weighted by atomic mass is 32.1. The molecule has 0 saturated carbocycles. The Kier molecular flexibility index (Phi) is 2.60. The van der Waals surface area contributed by atoms with Gasteiger partial charge in [-0.1, -0.05) is 0 Å². The fourth-order valence-electron chi connectivity index (χ4n) is 2.05. The molecule has 0 radical (unpaired) electrons. The van der Waals surface area contributed by atoms with Crippen LogP contribution in [0, 0.1) is 6.92 Å². The fourth-order valence-corrected chi connectivity index (χ4v) is 2.88. The molecule has 0 aliphatic carbocycles. The van der Waals surface area contributed by atoms with Gasteiger partial charge < -0.3 is 9.67 Å². The van der Waals surface area contributed by atoms with Crippen LogP contribution in [-0.4, -0.2) is 25.6 Å². The summed E-state index contributed by atoms with van der Waals surface area (Å²) in [5.41, 5.74) is 4.56. The number of hydrogen-bond donors (Lipinski definition) is 1. The van der Waals surface area contributed by atoms with Crippen molar-refractivity contribution in [2.45, 2.75) is 6.92 Å². The summed E-state index contributed by atoms with van der Waals surface area (Å²) in [6, 6.07) is 4.97. The molecule has 0 bridgehead atoms. The molecule has 5 nitrogen and oxygen atoms in total. The van der Waals surface area contributed by atoms with E-state index in [0.717, 1.165) is 21.9 Å². The lowest BCUT2D eigenvalue weighted by Gasteiger charge is -2.00. The van der Waals surface area contributed by atoms with Crippen LogP contribution in [0.4, 0.5) is 0 Å². The second-order valence-corrected chi connectivity index (χ2v) is 5.12. The van der Waals surface area contributed by atoms with Gasteiger partial charge >= 0.3 is 5.97 Å². The van der Waals surface area contributed by atoms with Gasteiger partial charge in [0.2, 0.25) is 0 Å². The molecule has 0 fully saturated rings. The first-order valence-electron chi connectivity index (χ1n) is 5.68. The first kappa shape index (κ1) is 11.9. The molecule has 1 N–H and O–H groups in total. The normalized spacial score (nSPS) is 11.1. The Balaban J connectivity index is 2.26. The Bertz CT molecular complexity index is 788. The molecule has 0 unspecified atom stereocenters. The van der Waals surface area contributed by atoms with Crippen LogP contribution in [0.15, 0.2) is 23.7 Å². The minimum Gasteiger partial charge on any atom is -0.478 e. The van der Waals surface area contributed by atoms with E-state index in [9.17, 15) is 4.79 Å². The molecule has 0 atom stereocenters. The van der Waals surface area contributed by atoms with Gasteiger partial charge in [0.25, 0.3) is 0 Å². The predicted octanol–water partition coefficient (Wildman–Crippen LogP) is 2.70. The van der Waals surface area contributed by atoms with Crippen molar-refractivity contribution in [3.05, 3.63) is 35.0 Å². The van der Waals surface area contributed by atoms with E-state index in [-0.39, 0.29) is 5.56 Å². The third kappa shape index (κ3) is 1.80. The number of benzene rings is 1. The third-order valence-electron chi connectivity index (χ3n) is 3.08. The highest BCUT2D eigenvalue weighted by molar-refractivity contribution is 7.13. The topological polar surface area (TPSA) is 68.0 Å². The standard InChI is InChI=1S/C13H11N3O2S/c1-7-11(19-6-14-7)12-15-9-5-8(13(17)18)3-4-10(9)16(12)2/h3-6H,1-2H3,(H,17,18). The average molecular weight is 273 g/mol. The molecule has 1 aromatic carbocycles. The van der Waals surface area contributed by atoms with E-state index in [0.29, 0.717) is 5.52 Å². The van der Waals surface area contributed by atoms with E-state index in [4.69, 9.17) is 5.11 Å². The van der Waals surface area contributed by atoms with Gasteiger partial charge in [-0.3, -0.25) is 0 Å². The Morgan fingerprint density at radius 1 is 1.42 bits per heavy atom. The van der Waals surface area contributed by atoms with Gasteiger partial charge in [0, 0.05) is 7.05 Å². The fraction of sp³-hybridized carbons (Fsp3) is 0.154. The Morgan fingerprint density at radius 3 is 2.84 bits per heavy atom. The smallest absolute Gasteiger partial charge is 0.335 e. The molecular weight excluding hydrogens is 262 g/mol. The summed E-state index contributed by atoms with van der Waals surface area (Å²) in [6.07, 6.45) is 0. The lowest BCUT2D eigenvalue weighted by molar-refractivity contribution is 0.0697. The zero-order chi connectivity index (χ0) is 13.6. The molecule has 96 valence electrons. The van der Waals surface area contributed by atoms with E-state index < -0.39 is 5.97 Å². The van der Waals surface area contributed by atoms with Crippen LogP contribution in [0.3, 0.4) is 0 Å². The summed E-state index contributed by atoms with van der Waals surface area (Å²) in [5.74, 6) is -0.124. The second kappa shape index (κ2) is 4.17. The lowest BCUT2D eigenvalue weighted by Crippen LogP contribution is -1.95. The van der Waals surface area contributed by atoms with Gasteiger partial charge in [-0.05, 0) is 25.1 Å². The number of carboxylic acid groups (broad SMARTS) is 1. The summed E-state index contributed by atoms with van der Waals surface area (Å²) in [6.45, 7) is 1.94. The van der Waals surface area contributed by atoms with E-state index >= 15 is 0 Å². The maximum absolute atomic E-state index is 11.0. The van der Waals surface area contributed by atoms with Gasteiger partial charge in [0.15, 0.2) is 5.82 Å². The summed E-state index contributed by atoms with van der Waals surface area (Å²) < 4.78 is 1.96. The van der Waals surface area contributed by atoms with Crippen molar-refractivity contribution in [2.24, 2.45) is 7.05 Å². The molecule has 3 aromatic rings. The van der Waals surface area contributed by atoms with Gasteiger partial charge in [0.05, 0.1) is 32.7 Å². The Morgan fingerprint density at radius 2 is 2.21 bits per heavy atom. The SMILES string of the molecule is Cc1ncsc1-c1nc2cc(C(=O)O)ccc2n1C. The van der Waals surface area contributed by atoms with Gasteiger partial charge in [-0.15, -0.1) is 11.3 Å². The summed E-state index contributed by atoms with van der Waals surface area (Å²) in [7, 11) is 1.92. The highest BCUT2D eigenvalue weighted by Crippen LogP contribution is 2.29. The van der Waals surface area contributed by atoms with Crippen molar-refractivity contribution in [2.75, 3.05) is 0 Å².